The van der Waals surface area contributed by atoms with E-state index in [9.17, 15) is 0 Å². The third-order valence-corrected chi connectivity index (χ3v) is 2.95. The summed E-state index contributed by atoms with van der Waals surface area (Å²) in [4.78, 5) is 4.29. The maximum Gasteiger partial charge on any atom is 0.129 e. The van der Waals surface area contributed by atoms with Crippen LogP contribution in [0, 0.1) is 6.92 Å². The minimum atomic E-state index is 0.829. The maximum absolute atomic E-state index is 5.82. The molecule has 0 atom stereocenters. The van der Waals surface area contributed by atoms with Gasteiger partial charge in [-0.1, -0.05) is 17.7 Å². The minimum absolute atomic E-state index is 0.829. The number of ether oxygens (including phenoxy) is 1. The van der Waals surface area contributed by atoms with Crippen LogP contribution in [0.4, 0.5) is 0 Å². The molecule has 3 nitrogen and oxygen atoms in total. The molecule has 0 unspecified atom stereocenters. The first kappa shape index (κ1) is 10.8. The van der Waals surface area contributed by atoms with Gasteiger partial charge in [-0.05, 0) is 31.2 Å². The van der Waals surface area contributed by atoms with Crippen LogP contribution in [-0.2, 0) is 7.05 Å². The van der Waals surface area contributed by atoms with Gasteiger partial charge in [0.1, 0.15) is 11.5 Å². The van der Waals surface area contributed by atoms with Crippen LogP contribution in [-0.4, -0.2) is 9.55 Å². The second-order valence-electron chi connectivity index (χ2n) is 4.42. The number of fused-ring (bicyclic) bond motifs is 1. The first-order chi connectivity index (χ1) is 8.72. The SMILES string of the molecule is Cc1ccc(Oc2ccc3ncn(C)c3c2)cc1. The molecule has 1 heterocycles. The van der Waals surface area contributed by atoms with Crippen LogP contribution >= 0.6 is 0 Å². The van der Waals surface area contributed by atoms with Gasteiger partial charge in [0.2, 0.25) is 0 Å². The molecule has 0 spiro atoms. The number of hydrogen-bond donors (Lipinski definition) is 0. The molecular weight excluding hydrogens is 224 g/mol. The summed E-state index contributed by atoms with van der Waals surface area (Å²) in [5, 5.41) is 0. The van der Waals surface area contributed by atoms with E-state index in [1.165, 1.54) is 5.56 Å². The van der Waals surface area contributed by atoms with Crippen molar-refractivity contribution >= 4 is 11.0 Å². The molecule has 0 aliphatic heterocycles. The lowest BCUT2D eigenvalue weighted by Crippen LogP contribution is -1.87. The largest absolute Gasteiger partial charge is 0.457 e. The smallest absolute Gasteiger partial charge is 0.129 e. The van der Waals surface area contributed by atoms with E-state index in [4.69, 9.17) is 4.74 Å². The number of aromatic nitrogens is 2. The number of benzene rings is 2. The minimum Gasteiger partial charge on any atom is -0.457 e. The van der Waals surface area contributed by atoms with Gasteiger partial charge in [-0.15, -0.1) is 0 Å². The Morgan fingerprint density at radius 1 is 1.00 bits per heavy atom. The van der Waals surface area contributed by atoms with Crippen molar-refractivity contribution in [2.24, 2.45) is 7.05 Å². The zero-order valence-electron chi connectivity index (χ0n) is 10.4. The van der Waals surface area contributed by atoms with Crippen molar-refractivity contribution in [2.45, 2.75) is 6.92 Å². The lowest BCUT2D eigenvalue weighted by Gasteiger charge is -2.06. The van der Waals surface area contributed by atoms with E-state index in [0.29, 0.717) is 0 Å². The molecule has 3 heteroatoms. The summed E-state index contributed by atoms with van der Waals surface area (Å²) in [6, 6.07) is 13.9. The predicted molar refractivity (Wildman–Crippen MR) is 72.0 cm³/mol. The molecule has 0 aliphatic carbocycles. The molecule has 3 rings (SSSR count). The summed E-state index contributed by atoms with van der Waals surface area (Å²) in [7, 11) is 1.98. The average molecular weight is 238 g/mol. The van der Waals surface area contributed by atoms with Crippen molar-refractivity contribution in [1.82, 2.24) is 9.55 Å². The summed E-state index contributed by atoms with van der Waals surface area (Å²) >= 11 is 0. The van der Waals surface area contributed by atoms with Gasteiger partial charge < -0.3 is 9.30 Å². The first-order valence-electron chi connectivity index (χ1n) is 5.88. The van der Waals surface area contributed by atoms with Crippen LogP contribution in [0.15, 0.2) is 48.8 Å². The van der Waals surface area contributed by atoms with Crippen molar-refractivity contribution in [3.05, 3.63) is 54.4 Å². The predicted octanol–water partition coefficient (Wildman–Crippen LogP) is 3.67. The lowest BCUT2D eigenvalue weighted by molar-refractivity contribution is 0.483. The number of aryl methyl sites for hydroxylation is 2. The Kier molecular flexibility index (Phi) is 2.52. The molecule has 0 saturated heterocycles. The zero-order valence-corrected chi connectivity index (χ0v) is 10.4. The van der Waals surface area contributed by atoms with Crippen LogP contribution in [0.25, 0.3) is 11.0 Å². The van der Waals surface area contributed by atoms with E-state index < -0.39 is 0 Å². The summed E-state index contributed by atoms with van der Waals surface area (Å²) in [5.74, 6) is 1.68. The highest BCUT2D eigenvalue weighted by Gasteiger charge is 2.02. The molecule has 2 aromatic carbocycles. The second kappa shape index (κ2) is 4.18. The standard InChI is InChI=1S/C15H14N2O/c1-11-3-5-12(6-4-11)18-13-7-8-14-15(9-13)17(2)10-16-14/h3-10H,1-2H3. The number of imidazole rings is 1. The Morgan fingerprint density at radius 3 is 2.50 bits per heavy atom. The Labute approximate surface area is 106 Å². The van der Waals surface area contributed by atoms with Gasteiger partial charge in [0.15, 0.2) is 0 Å². The fourth-order valence-electron chi connectivity index (χ4n) is 1.91. The number of nitrogens with zero attached hydrogens (tertiary/aromatic N) is 2. The quantitative estimate of drug-likeness (QED) is 0.681. The highest BCUT2D eigenvalue weighted by atomic mass is 16.5. The lowest BCUT2D eigenvalue weighted by atomic mass is 10.2. The Morgan fingerprint density at radius 2 is 1.72 bits per heavy atom. The molecule has 0 fully saturated rings. The summed E-state index contributed by atoms with van der Waals surface area (Å²) < 4.78 is 7.81. The molecule has 90 valence electrons. The Bertz CT molecular complexity index is 683. The molecule has 1 aromatic heterocycles. The van der Waals surface area contributed by atoms with Crippen molar-refractivity contribution < 1.29 is 4.74 Å². The van der Waals surface area contributed by atoms with Gasteiger partial charge in [-0.2, -0.15) is 0 Å². The summed E-state index contributed by atoms with van der Waals surface area (Å²) in [6.07, 6.45) is 1.81. The maximum atomic E-state index is 5.82. The van der Waals surface area contributed by atoms with E-state index in [1.807, 2.05) is 54.1 Å². The normalized spacial score (nSPS) is 10.8. The highest BCUT2D eigenvalue weighted by molar-refractivity contribution is 5.77. The molecule has 3 aromatic rings. The summed E-state index contributed by atoms with van der Waals surface area (Å²) in [5.41, 5.74) is 3.28. The fraction of sp³-hybridized carbons (Fsp3) is 0.133. The van der Waals surface area contributed by atoms with Crippen molar-refractivity contribution in [3.63, 3.8) is 0 Å². The van der Waals surface area contributed by atoms with Crippen LogP contribution in [0.1, 0.15) is 5.56 Å². The van der Waals surface area contributed by atoms with Gasteiger partial charge >= 0.3 is 0 Å². The van der Waals surface area contributed by atoms with Crippen LogP contribution in [0.5, 0.6) is 11.5 Å². The highest BCUT2D eigenvalue weighted by Crippen LogP contribution is 2.25. The van der Waals surface area contributed by atoms with Crippen molar-refractivity contribution in [1.29, 1.82) is 0 Å². The van der Waals surface area contributed by atoms with Crippen LogP contribution in [0.3, 0.4) is 0 Å². The Balaban J connectivity index is 1.94. The first-order valence-corrected chi connectivity index (χ1v) is 5.88. The number of rotatable bonds is 2. The van der Waals surface area contributed by atoms with E-state index >= 15 is 0 Å². The molecule has 0 saturated carbocycles. The molecule has 0 N–H and O–H groups in total. The van der Waals surface area contributed by atoms with Gasteiger partial charge in [-0.3, -0.25) is 0 Å². The molecule has 0 radical (unpaired) electrons. The third kappa shape index (κ3) is 1.95. The monoisotopic (exact) mass is 238 g/mol. The van der Waals surface area contributed by atoms with Gasteiger partial charge in [0.05, 0.1) is 17.4 Å². The van der Waals surface area contributed by atoms with Crippen molar-refractivity contribution in [3.8, 4) is 11.5 Å². The number of hydrogen-bond acceptors (Lipinski definition) is 2. The molecule has 18 heavy (non-hydrogen) atoms. The van der Waals surface area contributed by atoms with E-state index in [1.54, 1.807) is 6.33 Å². The van der Waals surface area contributed by atoms with Gasteiger partial charge in [0, 0.05) is 13.1 Å². The second-order valence-corrected chi connectivity index (χ2v) is 4.42. The topological polar surface area (TPSA) is 27.1 Å². The van der Waals surface area contributed by atoms with E-state index in [2.05, 4.69) is 11.9 Å². The molecule has 0 bridgehead atoms. The van der Waals surface area contributed by atoms with Crippen LogP contribution in [0.2, 0.25) is 0 Å². The zero-order chi connectivity index (χ0) is 12.5. The molecule has 0 aliphatic rings. The molecule has 0 amide bonds. The van der Waals surface area contributed by atoms with Gasteiger partial charge in [0.25, 0.3) is 0 Å². The van der Waals surface area contributed by atoms with E-state index in [0.717, 1.165) is 22.5 Å². The third-order valence-electron chi connectivity index (χ3n) is 2.95. The van der Waals surface area contributed by atoms with E-state index in [-0.39, 0.29) is 0 Å². The summed E-state index contributed by atoms with van der Waals surface area (Å²) in [6.45, 7) is 2.06. The fourth-order valence-corrected chi connectivity index (χ4v) is 1.91. The van der Waals surface area contributed by atoms with Gasteiger partial charge in [-0.25, -0.2) is 4.98 Å². The average Bonchev–Trinajstić information content (AvgIpc) is 2.74. The Hall–Kier alpha value is -2.29. The molecular formula is C15H14N2O. The van der Waals surface area contributed by atoms with Crippen molar-refractivity contribution in [2.75, 3.05) is 0 Å². The van der Waals surface area contributed by atoms with Crippen LogP contribution < -0.4 is 4.74 Å².